The van der Waals surface area contributed by atoms with Gasteiger partial charge in [-0.15, -0.1) is 11.8 Å². The predicted octanol–water partition coefficient (Wildman–Crippen LogP) is 7.68. The third kappa shape index (κ3) is 19.6. The van der Waals surface area contributed by atoms with Crippen molar-refractivity contribution < 1.29 is 0 Å². The van der Waals surface area contributed by atoms with Crippen LogP contribution in [0.4, 0.5) is 0 Å². The average Bonchev–Trinajstić information content (AvgIpc) is 2.54. The largest absolute Gasteiger partial charge is 0.103 e. The van der Waals surface area contributed by atoms with E-state index in [0.29, 0.717) is 0 Å². The fourth-order valence-corrected chi connectivity index (χ4v) is 2.72. The van der Waals surface area contributed by atoms with E-state index in [9.17, 15) is 0 Å². The van der Waals surface area contributed by atoms with Crippen LogP contribution < -0.4 is 0 Å². The molecule has 0 atom stereocenters. The van der Waals surface area contributed by atoms with Crippen molar-refractivity contribution in [3.05, 3.63) is 13.8 Å². The third-order valence-electron chi connectivity index (χ3n) is 4.23. The Morgan fingerprint density at radius 2 is 0.636 bits per heavy atom. The summed E-state index contributed by atoms with van der Waals surface area (Å²) in [6, 6.07) is 0. The maximum Gasteiger partial charge on any atom is 0.00886 e. The smallest absolute Gasteiger partial charge is 0.00886 e. The van der Waals surface area contributed by atoms with E-state index in [1.165, 1.54) is 89.9 Å². The molecule has 0 nitrogen and oxygen atoms in total. The van der Waals surface area contributed by atoms with Gasteiger partial charge in [0.15, 0.2) is 0 Å². The zero-order valence-electron chi connectivity index (χ0n) is 15.1. The molecule has 0 saturated heterocycles. The van der Waals surface area contributed by atoms with Gasteiger partial charge in [-0.05, 0) is 12.8 Å². The standard InChI is InChI=1S/C22H40/c1-3-5-7-9-11-13-15-17-19-21-22-20-18-16-14-12-10-8-6-4-2/h1-20H2. The highest BCUT2D eigenvalue weighted by Crippen LogP contribution is 2.10. The molecule has 0 N–H and O–H groups in total. The minimum absolute atomic E-state index is 1.10. The highest BCUT2D eigenvalue weighted by molar-refractivity contribution is 4.98. The number of hydrogen-bond donors (Lipinski definition) is 0. The molecule has 0 rings (SSSR count). The van der Waals surface area contributed by atoms with Crippen molar-refractivity contribution in [1.82, 2.24) is 0 Å². The first kappa shape index (κ1) is 21.6. The molecule has 128 valence electrons. The molecule has 22 heavy (non-hydrogen) atoms. The topological polar surface area (TPSA) is 0 Å². The van der Waals surface area contributed by atoms with E-state index in [1.807, 2.05) is 0 Å². The summed E-state index contributed by atoms with van der Waals surface area (Å²) in [5.41, 5.74) is 0. The van der Waals surface area contributed by atoms with Crippen molar-refractivity contribution in [2.75, 3.05) is 0 Å². The number of hydrogen-bond acceptors (Lipinski definition) is 0. The van der Waals surface area contributed by atoms with Crippen LogP contribution in [0.15, 0.2) is 0 Å². The van der Waals surface area contributed by atoms with Crippen LogP contribution in [0, 0.1) is 25.7 Å². The molecule has 0 aliphatic carbocycles. The molecule has 0 heterocycles. The Bertz CT molecular complexity index is 218. The average molecular weight is 305 g/mol. The Morgan fingerprint density at radius 1 is 0.364 bits per heavy atom. The number of unbranched alkanes of at least 4 members (excludes halogenated alkanes) is 16. The van der Waals surface area contributed by atoms with E-state index in [1.54, 1.807) is 0 Å². The van der Waals surface area contributed by atoms with Gasteiger partial charge >= 0.3 is 0 Å². The Labute approximate surface area is 141 Å². The Morgan fingerprint density at radius 3 is 0.955 bits per heavy atom. The lowest BCUT2D eigenvalue weighted by Crippen LogP contribution is -1.81. The van der Waals surface area contributed by atoms with Crippen LogP contribution in [-0.2, 0) is 0 Å². The molecule has 0 saturated carbocycles. The van der Waals surface area contributed by atoms with Crippen LogP contribution in [0.2, 0.25) is 0 Å². The van der Waals surface area contributed by atoms with E-state index in [2.05, 4.69) is 25.7 Å². The monoisotopic (exact) mass is 304 g/mol. The zero-order chi connectivity index (χ0) is 16.1. The molecule has 0 aromatic heterocycles. The summed E-state index contributed by atoms with van der Waals surface area (Å²) in [5, 5.41) is 0. The van der Waals surface area contributed by atoms with E-state index < -0.39 is 0 Å². The van der Waals surface area contributed by atoms with Gasteiger partial charge in [0.2, 0.25) is 0 Å². The molecule has 0 amide bonds. The minimum atomic E-state index is 1.10. The van der Waals surface area contributed by atoms with Gasteiger partial charge in [-0.25, -0.2) is 0 Å². The van der Waals surface area contributed by atoms with Gasteiger partial charge in [-0.3, -0.25) is 0 Å². The molecule has 0 fully saturated rings. The molecule has 0 bridgehead atoms. The maximum absolute atomic E-state index is 3.88. The van der Waals surface area contributed by atoms with Gasteiger partial charge in [-0.1, -0.05) is 104 Å². The van der Waals surface area contributed by atoms with Gasteiger partial charge in [0, 0.05) is 12.8 Å². The van der Waals surface area contributed by atoms with Crippen molar-refractivity contribution in [3.63, 3.8) is 0 Å². The molecule has 2 radical (unpaired) electrons. The second-order valence-corrected chi connectivity index (χ2v) is 6.51. The normalized spacial score (nSPS) is 10.5. The number of rotatable bonds is 16. The SMILES string of the molecule is [CH2]CCCCCCCCCC#CCCCCCCCCC[CH2]. The Hall–Kier alpha value is -0.440. The van der Waals surface area contributed by atoms with E-state index in [4.69, 9.17) is 0 Å². The zero-order valence-corrected chi connectivity index (χ0v) is 15.1. The minimum Gasteiger partial charge on any atom is -0.103 e. The quantitative estimate of drug-likeness (QED) is 0.202. The van der Waals surface area contributed by atoms with Crippen molar-refractivity contribution in [1.29, 1.82) is 0 Å². The van der Waals surface area contributed by atoms with Gasteiger partial charge in [0.05, 0.1) is 0 Å². The van der Waals surface area contributed by atoms with Crippen LogP contribution >= 0.6 is 0 Å². The lowest BCUT2D eigenvalue weighted by atomic mass is 10.1. The summed E-state index contributed by atoms with van der Waals surface area (Å²) in [6.45, 7) is 7.76. The summed E-state index contributed by atoms with van der Waals surface area (Å²) >= 11 is 0. The first-order valence-corrected chi connectivity index (χ1v) is 9.96. The second-order valence-electron chi connectivity index (χ2n) is 6.51. The van der Waals surface area contributed by atoms with Crippen molar-refractivity contribution >= 4 is 0 Å². The van der Waals surface area contributed by atoms with Crippen LogP contribution in [0.3, 0.4) is 0 Å². The van der Waals surface area contributed by atoms with Gasteiger partial charge < -0.3 is 0 Å². The molecule has 0 heteroatoms. The fraction of sp³-hybridized carbons (Fsp3) is 0.818. The molecular weight excluding hydrogens is 264 g/mol. The fourth-order valence-electron chi connectivity index (χ4n) is 2.72. The summed E-state index contributed by atoms with van der Waals surface area (Å²) in [7, 11) is 0. The van der Waals surface area contributed by atoms with E-state index in [0.717, 1.165) is 25.7 Å². The Balaban J connectivity index is 3.07. The summed E-state index contributed by atoms with van der Waals surface area (Å²) in [4.78, 5) is 0. The second kappa shape index (κ2) is 20.6. The van der Waals surface area contributed by atoms with Gasteiger partial charge in [0.1, 0.15) is 0 Å². The van der Waals surface area contributed by atoms with Crippen LogP contribution in [0.5, 0.6) is 0 Å². The van der Waals surface area contributed by atoms with Crippen LogP contribution in [0.25, 0.3) is 0 Å². The molecular formula is C22H40. The van der Waals surface area contributed by atoms with Gasteiger partial charge in [-0.2, -0.15) is 0 Å². The lowest BCUT2D eigenvalue weighted by Gasteiger charge is -1.99. The molecule has 0 aliphatic heterocycles. The summed E-state index contributed by atoms with van der Waals surface area (Å²) < 4.78 is 0. The highest BCUT2D eigenvalue weighted by atomic mass is 14.0. The van der Waals surface area contributed by atoms with E-state index >= 15 is 0 Å². The molecule has 0 aliphatic rings. The van der Waals surface area contributed by atoms with Crippen LogP contribution in [-0.4, -0.2) is 0 Å². The third-order valence-corrected chi connectivity index (χ3v) is 4.23. The molecule has 0 spiro atoms. The van der Waals surface area contributed by atoms with E-state index in [-0.39, 0.29) is 0 Å². The Kier molecular flexibility index (Phi) is 20.1. The summed E-state index contributed by atoms with van der Waals surface area (Å²) in [6.07, 6.45) is 23.5. The van der Waals surface area contributed by atoms with Crippen LogP contribution in [0.1, 0.15) is 116 Å². The molecule has 0 unspecified atom stereocenters. The maximum atomic E-state index is 3.88. The highest BCUT2D eigenvalue weighted by Gasteiger charge is 1.91. The van der Waals surface area contributed by atoms with Gasteiger partial charge in [0.25, 0.3) is 0 Å². The van der Waals surface area contributed by atoms with Crippen molar-refractivity contribution in [2.24, 2.45) is 0 Å². The van der Waals surface area contributed by atoms with Crippen molar-refractivity contribution in [2.45, 2.75) is 116 Å². The van der Waals surface area contributed by atoms with Crippen molar-refractivity contribution in [3.8, 4) is 11.8 Å². The first-order chi connectivity index (χ1) is 10.9. The molecule has 0 aromatic rings. The summed E-state index contributed by atoms with van der Waals surface area (Å²) in [5.74, 6) is 6.70. The molecule has 0 aromatic carbocycles. The first-order valence-electron chi connectivity index (χ1n) is 9.96. The lowest BCUT2D eigenvalue weighted by molar-refractivity contribution is 0.583. The predicted molar refractivity (Wildman–Crippen MR) is 102 cm³/mol.